The molecule has 4 nitrogen and oxygen atoms in total. The van der Waals surface area contributed by atoms with E-state index in [1.54, 1.807) is 0 Å². The summed E-state index contributed by atoms with van der Waals surface area (Å²) in [7, 11) is 0. The zero-order chi connectivity index (χ0) is 11.7. The Hall–Kier alpha value is -0.160. The molecule has 2 aliphatic heterocycles. The summed E-state index contributed by atoms with van der Waals surface area (Å²) in [5.41, 5.74) is 0. The first-order chi connectivity index (χ1) is 8.35. The van der Waals surface area contributed by atoms with E-state index >= 15 is 0 Å². The van der Waals surface area contributed by atoms with Gasteiger partial charge in [0.05, 0.1) is 6.61 Å². The van der Waals surface area contributed by atoms with Gasteiger partial charge in [0.15, 0.2) is 0 Å². The lowest BCUT2D eigenvalue weighted by Gasteiger charge is -2.38. The fourth-order valence-electron chi connectivity index (χ4n) is 3.28. The van der Waals surface area contributed by atoms with Gasteiger partial charge in [-0.15, -0.1) is 0 Å². The molecule has 3 rings (SSSR count). The van der Waals surface area contributed by atoms with E-state index in [1.807, 2.05) is 0 Å². The largest absolute Gasteiger partial charge is 0.395 e. The summed E-state index contributed by atoms with van der Waals surface area (Å²) in [4.78, 5) is 5.18. The van der Waals surface area contributed by atoms with E-state index in [9.17, 15) is 5.11 Å². The molecule has 1 aliphatic carbocycles. The molecule has 2 atom stereocenters. The normalized spacial score (nSPS) is 32.6. The summed E-state index contributed by atoms with van der Waals surface area (Å²) in [6.45, 7) is 6.23. The maximum atomic E-state index is 9.42. The van der Waals surface area contributed by atoms with Gasteiger partial charge in [0.1, 0.15) is 0 Å². The summed E-state index contributed by atoms with van der Waals surface area (Å²) in [5, 5.41) is 13.0. The van der Waals surface area contributed by atoms with Gasteiger partial charge in [-0.2, -0.15) is 0 Å². The van der Waals surface area contributed by atoms with Crippen LogP contribution in [0.5, 0.6) is 0 Å². The number of nitrogens with one attached hydrogen (secondary N) is 1. The van der Waals surface area contributed by atoms with Crippen LogP contribution in [-0.4, -0.2) is 72.4 Å². The number of piperazine rings is 1. The number of fused-ring (bicyclic) bond motifs is 1. The summed E-state index contributed by atoms with van der Waals surface area (Å²) < 4.78 is 0. The molecule has 2 heterocycles. The second kappa shape index (κ2) is 5.22. The van der Waals surface area contributed by atoms with Crippen molar-refractivity contribution in [3.63, 3.8) is 0 Å². The van der Waals surface area contributed by atoms with E-state index in [0.29, 0.717) is 6.04 Å². The Kier molecular flexibility index (Phi) is 3.66. The zero-order valence-electron chi connectivity index (χ0n) is 10.6. The number of rotatable bonds is 5. The minimum absolute atomic E-state index is 0.279. The SMILES string of the molecule is OCC(CN1CCN2CCCC2C1)NC1CC1. The lowest BCUT2D eigenvalue weighted by Crippen LogP contribution is -2.54. The molecule has 2 saturated heterocycles. The van der Waals surface area contributed by atoms with Gasteiger partial charge in [-0.05, 0) is 32.2 Å². The molecule has 0 bridgehead atoms. The van der Waals surface area contributed by atoms with Crippen molar-refractivity contribution >= 4 is 0 Å². The molecular formula is C13H25N3O. The van der Waals surface area contributed by atoms with Crippen LogP contribution in [0.25, 0.3) is 0 Å². The van der Waals surface area contributed by atoms with Gasteiger partial charge in [-0.1, -0.05) is 0 Å². The standard InChI is InChI=1S/C13H25N3O/c17-10-12(14-11-3-4-11)8-15-6-7-16-5-1-2-13(16)9-15/h11-14,17H,1-10H2. The summed E-state index contributed by atoms with van der Waals surface area (Å²) in [6, 6.07) is 1.78. The lowest BCUT2D eigenvalue weighted by molar-refractivity contribution is 0.0868. The van der Waals surface area contributed by atoms with Crippen LogP contribution in [0.3, 0.4) is 0 Å². The Bertz CT molecular complexity index is 257. The van der Waals surface area contributed by atoms with Crippen molar-refractivity contribution in [1.82, 2.24) is 15.1 Å². The zero-order valence-corrected chi connectivity index (χ0v) is 10.6. The lowest BCUT2D eigenvalue weighted by atomic mass is 10.1. The van der Waals surface area contributed by atoms with Crippen LogP contribution in [0.4, 0.5) is 0 Å². The Morgan fingerprint density at radius 2 is 2.06 bits per heavy atom. The van der Waals surface area contributed by atoms with Crippen LogP contribution in [0.15, 0.2) is 0 Å². The summed E-state index contributed by atoms with van der Waals surface area (Å²) >= 11 is 0. The van der Waals surface area contributed by atoms with Gasteiger partial charge in [-0.3, -0.25) is 9.80 Å². The second-order valence-electron chi connectivity index (χ2n) is 5.91. The minimum atomic E-state index is 0.279. The van der Waals surface area contributed by atoms with E-state index in [1.165, 1.54) is 51.9 Å². The van der Waals surface area contributed by atoms with Gasteiger partial charge in [0.2, 0.25) is 0 Å². The van der Waals surface area contributed by atoms with E-state index in [0.717, 1.165) is 12.6 Å². The highest BCUT2D eigenvalue weighted by atomic mass is 16.3. The molecule has 0 aromatic carbocycles. The number of aliphatic hydroxyl groups excluding tert-OH is 1. The molecule has 0 aromatic heterocycles. The number of hydrogen-bond acceptors (Lipinski definition) is 4. The van der Waals surface area contributed by atoms with Crippen LogP contribution in [0.2, 0.25) is 0 Å². The van der Waals surface area contributed by atoms with Crippen molar-refractivity contribution in [3.05, 3.63) is 0 Å². The van der Waals surface area contributed by atoms with Gasteiger partial charge in [-0.25, -0.2) is 0 Å². The predicted molar refractivity (Wildman–Crippen MR) is 68.1 cm³/mol. The smallest absolute Gasteiger partial charge is 0.0597 e. The molecule has 2 unspecified atom stereocenters. The quantitative estimate of drug-likeness (QED) is 0.701. The van der Waals surface area contributed by atoms with Crippen molar-refractivity contribution in [2.45, 2.75) is 43.8 Å². The molecular weight excluding hydrogens is 214 g/mol. The third-order valence-corrected chi connectivity index (χ3v) is 4.42. The van der Waals surface area contributed by atoms with Gasteiger partial charge in [0.25, 0.3) is 0 Å². The Balaban J connectivity index is 1.46. The molecule has 1 saturated carbocycles. The third kappa shape index (κ3) is 2.99. The predicted octanol–water partition coefficient (Wildman–Crippen LogP) is -0.121. The van der Waals surface area contributed by atoms with E-state index in [4.69, 9.17) is 0 Å². The summed E-state index contributed by atoms with van der Waals surface area (Å²) in [6.07, 6.45) is 5.35. The minimum Gasteiger partial charge on any atom is -0.395 e. The first-order valence-corrected chi connectivity index (χ1v) is 7.18. The van der Waals surface area contributed by atoms with Gasteiger partial charge in [0, 0.05) is 44.3 Å². The maximum absolute atomic E-state index is 9.42. The molecule has 0 spiro atoms. The highest BCUT2D eigenvalue weighted by Crippen LogP contribution is 2.22. The monoisotopic (exact) mass is 239 g/mol. The maximum Gasteiger partial charge on any atom is 0.0597 e. The first-order valence-electron chi connectivity index (χ1n) is 7.18. The Labute approximate surface area is 104 Å². The number of aliphatic hydroxyl groups is 1. The van der Waals surface area contributed by atoms with Crippen LogP contribution >= 0.6 is 0 Å². The average Bonchev–Trinajstić information content (AvgIpc) is 3.04. The molecule has 4 heteroatoms. The molecule has 0 aromatic rings. The first kappa shape index (κ1) is 11.9. The molecule has 17 heavy (non-hydrogen) atoms. The topological polar surface area (TPSA) is 38.7 Å². The van der Waals surface area contributed by atoms with E-state index in [-0.39, 0.29) is 12.6 Å². The Morgan fingerprint density at radius 1 is 1.18 bits per heavy atom. The molecule has 3 aliphatic rings. The van der Waals surface area contributed by atoms with Crippen molar-refractivity contribution in [2.24, 2.45) is 0 Å². The third-order valence-electron chi connectivity index (χ3n) is 4.42. The highest BCUT2D eigenvalue weighted by Gasteiger charge is 2.32. The van der Waals surface area contributed by atoms with Crippen molar-refractivity contribution < 1.29 is 5.11 Å². The van der Waals surface area contributed by atoms with Crippen LogP contribution < -0.4 is 5.32 Å². The van der Waals surface area contributed by atoms with Gasteiger partial charge < -0.3 is 10.4 Å². The van der Waals surface area contributed by atoms with Gasteiger partial charge >= 0.3 is 0 Å². The summed E-state index contributed by atoms with van der Waals surface area (Å²) in [5.74, 6) is 0. The van der Waals surface area contributed by atoms with E-state index < -0.39 is 0 Å². The van der Waals surface area contributed by atoms with Crippen LogP contribution in [-0.2, 0) is 0 Å². The highest BCUT2D eigenvalue weighted by molar-refractivity contribution is 4.90. The number of nitrogens with zero attached hydrogens (tertiary/aromatic N) is 2. The average molecular weight is 239 g/mol. The number of hydrogen-bond donors (Lipinski definition) is 2. The second-order valence-corrected chi connectivity index (χ2v) is 5.91. The molecule has 3 fully saturated rings. The van der Waals surface area contributed by atoms with Crippen molar-refractivity contribution in [1.29, 1.82) is 0 Å². The Morgan fingerprint density at radius 3 is 2.82 bits per heavy atom. The van der Waals surface area contributed by atoms with E-state index in [2.05, 4.69) is 15.1 Å². The van der Waals surface area contributed by atoms with Crippen molar-refractivity contribution in [3.8, 4) is 0 Å². The van der Waals surface area contributed by atoms with Crippen LogP contribution in [0.1, 0.15) is 25.7 Å². The molecule has 98 valence electrons. The molecule has 2 N–H and O–H groups in total. The fraction of sp³-hybridized carbons (Fsp3) is 1.00. The van der Waals surface area contributed by atoms with Crippen LogP contribution in [0, 0.1) is 0 Å². The molecule has 0 radical (unpaired) electrons. The molecule has 0 amide bonds. The van der Waals surface area contributed by atoms with Crippen molar-refractivity contribution in [2.75, 3.05) is 39.3 Å². The fourth-order valence-corrected chi connectivity index (χ4v) is 3.28.